The summed E-state index contributed by atoms with van der Waals surface area (Å²) in [4.78, 5) is 28.7. The maximum atomic E-state index is 12.9. The summed E-state index contributed by atoms with van der Waals surface area (Å²) in [5.74, 6) is 1.96. The molecule has 1 N–H and O–H groups in total. The number of aryl methyl sites for hydroxylation is 1. The highest BCUT2D eigenvalue weighted by Crippen LogP contribution is 2.24. The lowest BCUT2D eigenvalue weighted by molar-refractivity contribution is 0.0926. The quantitative estimate of drug-likeness (QED) is 0.628. The fourth-order valence-corrected chi connectivity index (χ4v) is 3.92. The summed E-state index contributed by atoms with van der Waals surface area (Å²) in [6.45, 7) is 7.80. The number of aromatic nitrogens is 3. The number of anilines is 1. The highest BCUT2D eigenvalue weighted by molar-refractivity contribution is 7.98. The molecule has 1 aliphatic rings. The molecule has 0 radical (unpaired) electrons. The number of pyridine rings is 1. The van der Waals surface area contributed by atoms with Gasteiger partial charge in [-0.1, -0.05) is 19.9 Å². The molecule has 27 heavy (non-hydrogen) atoms. The van der Waals surface area contributed by atoms with Crippen LogP contribution in [0.4, 0.5) is 5.82 Å². The van der Waals surface area contributed by atoms with Crippen LogP contribution in [-0.4, -0.2) is 46.2 Å². The first kappa shape index (κ1) is 19.6. The Morgan fingerprint density at radius 2 is 2.00 bits per heavy atom. The van der Waals surface area contributed by atoms with Gasteiger partial charge in [0.15, 0.2) is 0 Å². The topological polar surface area (TPSA) is 71.0 Å². The van der Waals surface area contributed by atoms with Crippen molar-refractivity contribution in [3.63, 3.8) is 0 Å². The predicted octanol–water partition coefficient (Wildman–Crippen LogP) is 3.42. The van der Waals surface area contributed by atoms with E-state index in [4.69, 9.17) is 0 Å². The number of thioether (sulfide) groups is 1. The Morgan fingerprint density at radius 3 is 2.59 bits per heavy atom. The largest absolute Gasteiger partial charge is 0.356 e. The van der Waals surface area contributed by atoms with E-state index >= 15 is 0 Å². The summed E-state index contributed by atoms with van der Waals surface area (Å²) in [6.07, 6.45) is 5.58. The second kappa shape index (κ2) is 8.69. The second-order valence-electron chi connectivity index (χ2n) is 7.13. The summed E-state index contributed by atoms with van der Waals surface area (Å²) >= 11 is 1.50. The molecule has 1 fully saturated rings. The van der Waals surface area contributed by atoms with Crippen LogP contribution in [0.5, 0.6) is 0 Å². The SMILES string of the molecule is CSc1nc(C(C)C)nc(C)c1C(=O)NC1CCN(c2ccccn2)CC1. The molecule has 1 aliphatic heterocycles. The van der Waals surface area contributed by atoms with Gasteiger partial charge in [-0.2, -0.15) is 0 Å². The Morgan fingerprint density at radius 1 is 1.26 bits per heavy atom. The zero-order chi connectivity index (χ0) is 19.4. The number of piperidine rings is 1. The Bertz CT molecular complexity index is 788. The molecule has 0 atom stereocenters. The highest BCUT2D eigenvalue weighted by atomic mass is 32.2. The van der Waals surface area contributed by atoms with Crippen LogP contribution in [0.3, 0.4) is 0 Å². The predicted molar refractivity (Wildman–Crippen MR) is 110 cm³/mol. The lowest BCUT2D eigenvalue weighted by Gasteiger charge is -2.33. The average Bonchev–Trinajstić information content (AvgIpc) is 2.68. The zero-order valence-electron chi connectivity index (χ0n) is 16.4. The first-order chi connectivity index (χ1) is 13.0. The van der Waals surface area contributed by atoms with Gasteiger partial charge in [-0.05, 0) is 38.2 Å². The van der Waals surface area contributed by atoms with E-state index in [0.717, 1.165) is 48.3 Å². The van der Waals surface area contributed by atoms with Crippen LogP contribution in [0.15, 0.2) is 29.4 Å². The van der Waals surface area contributed by atoms with Crippen LogP contribution in [0.2, 0.25) is 0 Å². The standard InChI is InChI=1S/C20H27N5OS/c1-13(2)18-22-14(3)17(20(24-18)27-4)19(26)23-15-8-11-25(12-9-15)16-7-5-6-10-21-16/h5-7,10,13,15H,8-9,11-12H2,1-4H3,(H,23,26). The van der Waals surface area contributed by atoms with Gasteiger partial charge in [-0.25, -0.2) is 15.0 Å². The van der Waals surface area contributed by atoms with E-state index in [0.29, 0.717) is 5.56 Å². The summed E-state index contributed by atoms with van der Waals surface area (Å²) in [5, 5.41) is 3.95. The van der Waals surface area contributed by atoms with Crippen LogP contribution in [-0.2, 0) is 0 Å². The van der Waals surface area contributed by atoms with Gasteiger partial charge in [0, 0.05) is 31.2 Å². The van der Waals surface area contributed by atoms with E-state index < -0.39 is 0 Å². The van der Waals surface area contributed by atoms with E-state index in [-0.39, 0.29) is 17.9 Å². The molecular formula is C20H27N5OS. The van der Waals surface area contributed by atoms with Crippen LogP contribution in [0.1, 0.15) is 54.5 Å². The van der Waals surface area contributed by atoms with E-state index in [9.17, 15) is 4.79 Å². The molecule has 2 aromatic rings. The lowest BCUT2D eigenvalue weighted by Crippen LogP contribution is -2.45. The Kier molecular flexibility index (Phi) is 6.31. The van der Waals surface area contributed by atoms with Crippen molar-refractivity contribution in [2.45, 2.75) is 50.6 Å². The van der Waals surface area contributed by atoms with Crippen LogP contribution in [0, 0.1) is 6.92 Å². The number of nitrogens with zero attached hydrogens (tertiary/aromatic N) is 4. The number of carbonyl (C=O) groups is 1. The minimum Gasteiger partial charge on any atom is -0.356 e. The third kappa shape index (κ3) is 4.58. The van der Waals surface area contributed by atoms with Crippen molar-refractivity contribution in [1.82, 2.24) is 20.3 Å². The number of nitrogens with one attached hydrogen (secondary N) is 1. The Hall–Kier alpha value is -2.15. The van der Waals surface area contributed by atoms with E-state index in [2.05, 4.69) is 39.0 Å². The van der Waals surface area contributed by atoms with Gasteiger partial charge in [-0.15, -0.1) is 11.8 Å². The minimum absolute atomic E-state index is 0.0663. The second-order valence-corrected chi connectivity index (χ2v) is 7.92. The van der Waals surface area contributed by atoms with Gasteiger partial charge < -0.3 is 10.2 Å². The number of hydrogen-bond acceptors (Lipinski definition) is 6. The molecule has 144 valence electrons. The molecule has 3 rings (SSSR count). The van der Waals surface area contributed by atoms with Crippen molar-refractivity contribution in [2.75, 3.05) is 24.2 Å². The zero-order valence-corrected chi connectivity index (χ0v) is 17.2. The average molecular weight is 386 g/mol. The van der Waals surface area contributed by atoms with Crippen molar-refractivity contribution in [3.8, 4) is 0 Å². The van der Waals surface area contributed by atoms with E-state index in [1.807, 2.05) is 37.6 Å². The van der Waals surface area contributed by atoms with Crippen LogP contribution < -0.4 is 10.2 Å². The first-order valence-corrected chi connectivity index (χ1v) is 10.6. The van der Waals surface area contributed by atoms with Crippen molar-refractivity contribution >= 4 is 23.5 Å². The van der Waals surface area contributed by atoms with Crippen LogP contribution >= 0.6 is 11.8 Å². The monoisotopic (exact) mass is 385 g/mol. The first-order valence-electron chi connectivity index (χ1n) is 9.39. The van der Waals surface area contributed by atoms with Crippen LogP contribution in [0.25, 0.3) is 0 Å². The fourth-order valence-electron chi connectivity index (χ4n) is 3.29. The molecule has 0 saturated carbocycles. The molecular weight excluding hydrogens is 358 g/mol. The van der Waals surface area contributed by atoms with Gasteiger partial charge in [0.05, 0.1) is 11.3 Å². The lowest BCUT2D eigenvalue weighted by atomic mass is 10.0. The Labute approximate surface area is 165 Å². The normalized spacial score (nSPS) is 15.2. The van der Waals surface area contributed by atoms with E-state index in [1.54, 1.807) is 0 Å². The number of hydrogen-bond donors (Lipinski definition) is 1. The summed E-state index contributed by atoms with van der Waals surface area (Å²) < 4.78 is 0. The van der Waals surface area contributed by atoms with Gasteiger partial charge in [0.25, 0.3) is 5.91 Å². The molecule has 6 nitrogen and oxygen atoms in total. The molecule has 7 heteroatoms. The molecule has 2 aromatic heterocycles. The van der Waals surface area contributed by atoms with Crippen molar-refractivity contribution in [3.05, 3.63) is 41.5 Å². The Balaban J connectivity index is 1.66. The van der Waals surface area contributed by atoms with E-state index in [1.165, 1.54) is 11.8 Å². The maximum absolute atomic E-state index is 12.9. The molecule has 3 heterocycles. The maximum Gasteiger partial charge on any atom is 0.256 e. The molecule has 1 saturated heterocycles. The third-order valence-electron chi connectivity index (χ3n) is 4.81. The number of amides is 1. The number of carbonyl (C=O) groups excluding carboxylic acids is 1. The van der Waals surface area contributed by atoms with Gasteiger partial charge >= 0.3 is 0 Å². The summed E-state index contributed by atoms with van der Waals surface area (Å²) in [5.41, 5.74) is 1.36. The molecule has 0 bridgehead atoms. The fraction of sp³-hybridized carbons (Fsp3) is 0.500. The molecule has 0 spiro atoms. The molecule has 0 aromatic carbocycles. The van der Waals surface area contributed by atoms with Gasteiger partial charge in [0.1, 0.15) is 16.7 Å². The smallest absolute Gasteiger partial charge is 0.256 e. The van der Waals surface area contributed by atoms with Gasteiger partial charge in [-0.3, -0.25) is 4.79 Å². The van der Waals surface area contributed by atoms with Crippen molar-refractivity contribution in [2.24, 2.45) is 0 Å². The molecule has 1 amide bonds. The summed E-state index contributed by atoms with van der Waals surface area (Å²) in [6, 6.07) is 6.12. The molecule has 0 aliphatic carbocycles. The molecule has 0 unspecified atom stereocenters. The minimum atomic E-state index is -0.0663. The van der Waals surface area contributed by atoms with Gasteiger partial charge in [0.2, 0.25) is 0 Å². The highest BCUT2D eigenvalue weighted by Gasteiger charge is 2.25. The van der Waals surface area contributed by atoms with Crippen molar-refractivity contribution < 1.29 is 4.79 Å². The van der Waals surface area contributed by atoms with Crippen molar-refractivity contribution in [1.29, 1.82) is 0 Å². The third-order valence-corrected chi connectivity index (χ3v) is 5.50. The number of rotatable bonds is 5. The summed E-state index contributed by atoms with van der Waals surface area (Å²) in [7, 11) is 0.